The topological polar surface area (TPSA) is 30.3 Å². The van der Waals surface area contributed by atoms with Gasteiger partial charge in [0.25, 0.3) is 0 Å². The molecule has 1 aliphatic carbocycles. The predicted octanol–water partition coefficient (Wildman–Crippen LogP) is 2.71. The van der Waals surface area contributed by atoms with Crippen molar-refractivity contribution in [3.63, 3.8) is 0 Å². The van der Waals surface area contributed by atoms with E-state index in [1.54, 1.807) is 0 Å². The first-order valence-corrected chi connectivity index (χ1v) is 9.46. The van der Waals surface area contributed by atoms with E-state index >= 15 is 0 Å². The van der Waals surface area contributed by atoms with Crippen LogP contribution in [0.3, 0.4) is 0 Å². The Bertz CT molecular complexity index is 935. The lowest BCUT2D eigenvalue weighted by atomic mass is 10.1. The number of benzene rings is 1. The summed E-state index contributed by atoms with van der Waals surface area (Å²) in [6.45, 7) is 8.87. The van der Waals surface area contributed by atoms with Crippen LogP contribution in [0.25, 0.3) is 17.8 Å². The lowest BCUT2D eigenvalue weighted by Crippen LogP contribution is -2.50. The number of rotatable bonds is 2. The summed E-state index contributed by atoms with van der Waals surface area (Å²) in [5.41, 5.74) is 2.22. The highest BCUT2D eigenvalue weighted by Gasteiger charge is 2.29. The van der Waals surface area contributed by atoms with Crippen molar-refractivity contribution in [2.75, 3.05) is 24.6 Å². The molecule has 0 amide bonds. The highest BCUT2D eigenvalue weighted by atomic mass is 16.5. The van der Waals surface area contributed by atoms with Crippen molar-refractivity contribution in [3.8, 4) is 5.69 Å². The molecule has 2 aliphatic rings. The minimum Gasteiger partial charge on any atom is -0.372 e. The maximum Gasteiger partial charge on any atom is 0.159 e. The number of ether oxygens (including phenoxy) is 1. The molecule has 136 valence electrons. The number of aryl methyl sites for hydroxylation is 1. The van der Waals surface area contributed by atoms with Gasteiger partial charge in [-0.1, -0.05) is 35.9 Å². The average molecular weight is 349 g/mol. The first-order chi connectivity index (χ1) is 12.5. The molecule has 0 atom stereocenters. The standard InChI is InChI=1S/C22H27N3O/c1-17-10-12-18(13-11-17)25-20-9-7-5-4-6-8-19(20)21(23-25)24-14-15-26-22(2,3)16-24/h4,6,8-13H,5,7,14-16H2,1-3H3/b6-4-,19-8+,20-9+. The summed E-state index contributed by atoms with van der Waals surface area (Å²) in [6.07, 6.45) is 11.0. The van der Waals surface area contributed by atoms with Crippen LogP contribution in [-0.4, -0.2) is 35.1 Å². The van der Waals surface area contributed by atoms with E-state index in [9.17, 15) is 0 Å². The van der Waals surface area contributed by atoms with Crippen LogP contribution in [0.15, 0.2) is 36.4 Å². The maximum atomic E-state index is 5.90. The molecule has 2 heterocycles. The second-order valence-electron chi connectivity index (χ2n) is 7.78. The summed E-state index contributed by atoms with van der Waals surface area (Å²) in [5, 5.41) is 7.45. The third-order valence-corrected chi connectivity index (χ3v) is 5.01. The van der Waals surface area contributed by atoms with Crippen LogP contribution >= 0.6 is 0 Å². The van der Waals surface area contributed by atoms with Crippen molar-refractivity contribution in [1.29, 1.82) is 0 Å². The molecule has 0 unspecified atom stereocenters. The lowest BCUT2D eigenvalue weighted by Gasteiger charge is -2.38. The molecule has 1 aromatic heterocycles. The van der Waals surface area contributed by atoms with E-state index < -0.39 is 0 Å². The van der Waals surface area contributed by atoms with Gasteiger partial charge in [-0.05, 0) is 51.8 Å². The molecule has 4 nitrogen and oxygen atoms in total. The zero-order valence-electron chi connectivity index (χ0n) is 15.9. The minimum absolute atomic E-state index is 0.153. The van der Waals surface area contributed by atoms with Crippen molar-refractivity contribution in [3.05, 3.63) is 52.5 Å². The van der Waals surface area contributed by atoms with Gasteiger partial charge < -0.3 is 9.64 Å². The third kappa shape index (κ3) is 3.34. The van der Waals surface area contributed by atoms with Gasteiger partial charge in [0.1, 0.15) is 0 Å². The zero-order valence-corrected chi connectivity index (χ0v) is 15.9. The summed E-state index contributed by atoms with van der Waals surface area (Å²) in [5.74, 6) is 1.06. The quantitative estimate of drug-likeness (QED) is 0.835. The van der Waals surface area contributed by atoms with Crippen molar-refractivity contribution in [2.24, 2.45) is 0 Å². The van der Waals surface area contributed by atoms with E-state index in [4.69, 9.17) is 9.84 Å². The number of anilines is 1. The van der Waals surface area contributed by atoms with Crippen LogP contribution < -0.4 is 15.5 Å². The Morgan fingerprint density at radius 1 is 1.12 bits per heavy atom. The van der Waals surface area contributed by atoms with Gasteiger partial charge >= 0.3 is 0 Å². The van der Waals surface area contributed by atoms with Crippen LogP contribution in [-0.2, 0) is 4.74 Å². The molecule has 26 heavy (non-hydrogen) atoms. The van der Waals surface area contributed by atoms with Crippen LogP contribution in [0.1, 0.15) is 32.3 Å². The molecule has 1 fully saturated rings. The number of allylic oxidation sites excluding steroid dienone is 2. The van der Waals surface area contributed by atoms with Crippen molar-refractivity contribution < 1.29 is 4.74 Å². The lowest BCUT2D eigenvalue weighted by molar-refractivity contribution is -0.0279. The highest BCUT2D eigenvalue weighted by Crippen LogP contribution is 2.20. The largest absolute Gasteiger partial charge is 0.372 e. The van der Waals surface area contributed by atoms with Crippen LogP contribution in [0.4, 0.5) is 5.82 Å². The monoisotopic (exact) mass is 349 g/mol. The summed E-state index contributed by atoms with van der Waals surface area (Å²) >= 11 is 0. The molecule has 0 spiro atoms. The second kappa shape index (κ2) is 6.76. The molecule has 0 N–H and O–H groups in total. The number of nitrogens with zero attached hydrogens (tertiary/aromatic N) is 3. The zero-order chi connectivity index (χ0) is 18.1. The van der Waals surface area contributed by atoms with Crippen LogP contribution in [0, 0.1) is 6.92 Å². The SMILES string of the molecule is Cc1ccc(-n2nc(N3CCOC(C)(C)C3)c3/c2=C\CC/C=C\C=3)cc1. The fraction of sp³-hybridized carbons (Fsp3) is 0.409. The molecular weight excluding hydrogens is 322 g/mol. The molecule has 2 aromatic rings. The Hall–Kier alpha value is -2.33. The first-order valence-electron chi connectivity index (χ1n) is 9.46. The normalized spacial score (nSPS) is 23.0. The van der Waals surface area contributed by atoms with E-state index in [2.05, 4.69) is 78.9 Å². The van der Waals surface area contributed by atoms with E-state index in [0.717, 1.165) is 44.0 Å². The highest BCUT2D eigenvalue weighted by molar-refractivity contribution is 5.54. The van der Waals surface area contributed by atoms with Crippen molar-refractivity contribution >= 4 is 18.0 Å². The fourth-order valence-corrected chi connectivity index (χ4v) is 3.68. The number of hydrogen-bond donors (Lipinski definition) is 0. The molecule has 4 heteroatoms. The van der Waals surface area contributed by atoms with E-state index in [-0.39, 0.29) is 5.60 Å². The Morgan fingerprint density at radius 2 is 1.92 bits per heavy atom. The molecule has 0 saturated carbocycles. The number of fused-ring (bicyclic) bond motifs is 1. The first kappa shape index (κ1) is 17.1. The molecule has 0 radical (unpaired) electrons. The second-order valence-corrected chi connectivity index (χ2v) is 7.78. The van der Waals surface area contributed by atoms with Crippen molar-refractivity contribution in [2.45, 2.75) is 39.2 Å². The molecule has 0 bridgehead atoms. The molecule has 1 saturated heterocycles. The summed E-state index contributed by atoms with van der Waals surface area (Å²) in [6, 6.07) is 8.59. The Kier molecular flexibility index (Phi) is 4.45. The van der Waals surface area contributed by atoms with Gasteiger partial charge in [0.15, 0.2) is 5.82 Å². The van der Waals surface area contributed by atoms with Gasteiger partial charge in [0, 0.05) is 18.3 Å². The Balaban J connectivity index is 1.89. The summed E-state index contributed by atoms with van der Waals surface area (Å²) in [4.78, 5) is 2.37. The molecule has 4 rings (SSSR count). The van der Waals surface area contributed by atoms with Gasteiger partial charge in [-0.2, -0.15) is 0 Å². The van der Waals surface area contributed by atoms with Gasteiger partial charge in [-0.3, -0.25) is 0 Å². The summed E-state index contributed by atoms with van der Waals surface area (Å²) in [7, 11) is 0. The van der Waals surface area contributed by atoms with Gasteiger partial charge in [-0.25, -0.2) is 4.68 Å². The average Bonchev–Trinajstić information content (AvgIpc) is 2.92. The maximum absolute atomic E-state index is 5.90. The van der Waals surface area contributed by atoms with Gasteiger partial charge in [0.2, 0.25) is 0 Å². The Morgan fingerprint density at radius 3 is 2.69 bits per heavy atom. The smallest absolute Gasteiger partial charge is 0.159 e. The van der Waals surface area contributed by atoms with Gasteiger partial charge in [0.05, 0.1) is 23.2 Å². The Labute approximate surface area is 155 Å². The van der Waals surface area contributed by atoms with Crippen LogP contribution in [0.5, 0.6) is 0 Å². The summed E-state index contributed by atoms with van der Waals surface area (Å²) < 4.78 is 8.00. The molecular formula is C22H27N3O. The number of aromatic nitrogens is 2. The van der Waals surface area contributed by atoms with E-state index in [1.165, 1.54) is 16.1 Å². The van der Waals surface area contributed by atoms with Gasteiger partial charge in [-0.15, -0.1) is 5.10 Å². The molecule has 1 aliphatic heterocycles. The number of hydrogen-bond acceptors (Lipinski definition) is 3. The van der Waals surface area contributed by atoms with Crippen molar-refractivity contribution in [1.82, 2.24) is 9.78 Å². The molecule has 1 aromatic carbocycles. The van der Waals surface area contributed by atoms with E-state index in [1.807, 2.05) is 0 Å². The fourth-order valence-electron chi connectivity index (χ4n) is 3.68. The van der Waals surface area contributed by atoms with Crippen LogP contribution in [0.2, 0.25) is 0 Å². The van der Waals surface area contributed by atoms with E-state index in [0.29, 0.717) is 0 Å². The predicted molar refractivity (Wildman–Crippen MR) is 107 cm³/mol. The third-order valence-electron chi connectivity index (χ3n) is 5.01. The number of morpholine rings is 1. The minimum atomic E-state index is -0.153.